The molecule has 5 nitrogen and oxygen atoms in total. The van der Waals surface area contributed by atoms with Crippen LogP contribution in [0.25, 0.3) is 10.7 Å². The van der Waals surface area contributed by atoms with Crippen LogP contribution in [0.15, 0.2) is 43.0 Å². The first kappa shape index (κ1) is 15.5. The molecule has 1 aliphatic heterocycles. The van der Waals surface area contributed by atoms with Crippen LogP contribution in [0.3, 0.4) is 0 Å². The van der Waals surface area contributed by atoms with E-state index in [0.717, 1.165) is 36.8 Å². The number of imidazole rings is 1. The average molecular weight is 339 g/mol. The lowest BCUT2D eigenvalue weighted by atomic mass is 9.99. The molecular weight excluding hydrogens is 318 g/mol. The highest BCUT2D eigenvalue weighted by Gasteiger charge is 2.20. The molecule has 0 spiro atoms. The van der Waals surface area contributed by atoms with Crippen LogP contribution in [-0.2, 0) is 19.5 Å². The predicted octanol–water partition coefficient (Wildman–Crippen LogP) is 3.10. The van der Waals surface area contributed by atoms with E-state index < -0.39 is 0 Å². The van der Waals surface area contributed by atoms with E-state index in [1.54, 1.807) is 11.3 Å². The molecule has 0 saturated carbocycles. The van der Waals surface area contributed by atoms with Crippen LogP contribution >= 0.6 is 11.3 Å². The SMILES string of the molecule is CN(Cc1cnc(-c2ccccn2)s1)CC1CCc2nccn2C1. The first-order chi connectivity index (χ1) is 11.8. The molecular formula is C18H21N5S. The maximum atomic E-state index is 4.53. The molecule has 4 heterocycles. The fourth-order valence-electron chi connectivity index (χ4n) is 3.35. The van der Waals surface area contributed by atoms with E-state index in [-0.39, 0.29) is 0 Å². The van der Waals surface area contributed by atoms with Gasteiger partial charge in [-0.3, -0.25) is 4.98 Å². The highest BCUT2D eigenvalue weighted by molar-refractivity contribution is 7.14. The topological polar surface area (TPSA) is 46.8 Å². The Morgan fingerprint density at radius 3 is 3.08 bits per heavy atom. The van der Waals surface area contributed by atoms with Gasteiger partial charge >= 0.3 is 0 Å². The van der Waals surface area contributed by atoms with Crippen molar-refractivity contribution < 1.29 is 0 Å². The van der Waals surface area contributed by atoms with Gasteiger partial charge in [-0.25, -0.2) is 9.97 Å². The maximum Gasteiger partial charge on any atom is 0.142 e. The van der Waals surface area contributed by atoms with E-state index in [1.807, 2.05) is 36.8 Å². The van der Waals surface area contributed by atoms with Gasteiger partial charge in [0.1, 0.15) is 10.8 Å². The molecule has 0 aromatic carbocycles. The number of aryl methyl sites for hydroxylation is 1. The summed E-state index contributed by atoms with van der Waals surface area (Å²) in [6.45, 7) is 3.13. The molecule has 0 saturated heterocycles. The van der Waals surface area contributed by atoms with Crippen LogP contribution in [-0.4, -0.2) is 38.0 Å². The molecule has 0 bridgehead atoms. The molecule has 0 fully saturated rings. The number of hydrogen-bond donors (Lipinski definition) is 0. The Bertz CT molecular complexity index is 795. The molecule has 0 aliphatic carbocycles. The van der Waals surface area contributed by atoms with Gasteiger partial charge in [0.25, 0.3) is 0 Å². The van der Waals surface area contributed by atoms with Crippen molar-refractivity contribution in [3.8, 4) is 10.7 Å². The zero-order valence-electron chi connectivity index (χ0n) is 13.8. The summed E-state index contributed by atoms with van der Waals surface area (Å²) in [6.07, 6.45) is 10.1. The molecule has 0 amide bonds. The van der Waals surface area contributed by atoms with Crippen molar-refractivity contribution in [2.75, 3.05) is 13.6 Å². The van der Waals surface area contributed by atoms with Crippen molar-refractivity contribution in [2.45, 2.75) is 25.9 Å². The van der Waals surface area contributed by atoms with E-state index in [9.17, 15) is 0 Å². The van der Waals surface area contributed by atoms with Crippen LogP contribution < -0.4 is 0 Å². The quantitative estimate of drug-likeness (QED) is 0.717. The third-order valence-electron chi connectivity index (χ3n) is 4.47. The minimum absolute atomic E-state index is 0.694. The Kier molecular flexibility index (Phi) is 4.40. The van der Waals surface area contributed by atoms with Crippen molar-refractivity contribution in [2.24, 2.45) is 5.92 Å². The lowest BCUT2D eigenvalue weighted by Gasteiger charge is -2.27. The van der Waals surface area contributed by atoms with Gasteiger partial charge in [-0.1, -0.05) is 6.07 Å². The summed E-state index contributed by atoms with van der Waals surface area (Å²) in [5.41, 5.74) is 0.955. The number of pyridine rings is 1. The lowest BCUT2D eigenvalue weighted by molar-refractivity contribution is 0.230. The number of thiazole rings is 1. The van der Waals surface area contributed by atoms with Crippen molar-refractivity contribution in [3.05, 3.63) is 53.7 Å². The number of rotatable bonds is 5. The van der Waals surface area contributed by atoms with E-state index in [1.165, 1.54) is 17.1 Å². The summed E-state index contributed by atoms with van der Waals surface area (Å²) < 4.78 is 2.30. The fourth-order valence-corrected chi connectivity index (χ4v) is 4.32. The molecule has 24 heavy (non-hydrogen) atoms. The second-order valence-electron chi connectivity index (χ2n) is 6.44. The normalized spacial score (nSPS) is 17.2. The third-order valence-corrected chi connectivity index (χ3v) is 5.47. The van der Waals surface area contributed by atoms with Gasteiger partial charge in [0, 0.05) is 55.7 Å². The zero-order valence-corrected chi connectivity index (χ0v) is 14.6. The second-order valence-corrected chi connectivity index (χ2v) is 7.56. The number of fused-ring (bicyclic) bond motifs is 1. The molecule has 1 unspecified atom stereocenters. The number of nitrogens with zero attached hydrogens (tertiary/aromatic N) is 5. The lowest BCUT2D eigenvalue weighted by Crippen LogP contribution is -2.31. The maximum absolute atomic E-state index is 4.53. The molecule has 3 aromatic rings. The van der Waals surface area contributed by atoms with Crippen molar-refractivity contribution >= 4 is 11.3 Å². The molecule has 0 radical (unpaired) electrons. The fraction of sp³-hybridized carbons (Fsp3) is 0.389. The Morgan fingerprint density at radius 2 is 2.21 bits per heavy atom. The van der Waals surface area contributed by atoms with E-state index >= 15 is 0 Å². The van der Waals surface area contributed by atoms with E-state index in [4.69, 9.17) is 0 Å². The summed E-state index contributed by atoms with van der Waals surface area (Å²) in [6, 6.07) is 5.95. The Morgan fingerprint density at radius 1 is 1.25 bits per heavy atom. The minimum atomic E-state index is 0.694. The molecule has 1 atom stereocenters. The summed E-state index contributed by atoms with van der Waals surface area (Å²) in [4.78, 5) is 17.0. The molecule has 4 rings (SSSR count). The summed E-state index contributed by atoms with van der Waals surface area (Å²) in [7, 11) is 2.20. The van der Waals surface area contributed by atoms with Gasteiger partial charge in [-0.05, 0) is 31.5 Å². The summed E-state index contributed by atoms with van der Waals surface area (Å²) >= 11 is 1.74. The van der Waals surface area contributed by atoms with Gasteiger partial charge in [0.15, 0.2) is 0 Å². The highest BCUT2D eigenvalue weighted by atomic mass is 32.1. The number of hydrogen-bond acceptors (Lipinski definition) is 5. The van der Waals surface area contributed by atoms with Crippen LogP contribution in [0.4, 0.5) is 0 Å². The largest absolute Gasteiger partial charge is 0.335 e. The minimum Gasteiger partial charge on any atom is -0.335 e. The summed E-state index contributed by atoms with van der Waals surface area (Å²) in [5.74, 6) is 1.93. The van der Waals surface area contributed by atoms with Crippen LogP contribution in [0.1, 0.15) is 17.1 Å². The van der Waals surface area contributed by atoms with Crippen molar-refractivity contribution in [1.29, 1.82) is 0 Å². The van der Waals surface area contributed by atoms with Crippen LogP contribution in [0, 0.1) is 5.92 Å². The molecule has 1 aliphatic rings. The molecule has 124 valence electrons. The highest BCUT2D eigenvalue weighted by Crippen LogP contribution is 2.25. The Balaban J connectivity index is 1.35. The van der Waals surface area contributed by atoms with Gasteiger partial charge in [0.05, 0.1) is 5.69 Å². The number of aromatic nitrogens is 4. The Labute approximate surface area is 146 Å². The van der Waals surface area contributed by atoms with Gasteiger partial charge < -0.3 is 9.47 Å². The first-order valence-electron chi connectivity index (χ1n) is 8.32. The standard InChI is InChI=1S/C18H21N5S/c1-22(11-14-5-6-17-20-8-9-23(17)12-14)13-15-10-21-18(24-15)16-4-2-3-7-19-16/h2-4,7-10,14H,5-6,11-13H2,1H3. The predicted molar refractivity (Wildman–Crippen MR) is 95.7 cm³/mol. The van der Waals surface area contributed by atoms with Gasteiger partial charge in [0.2, 0.25) is 0 Å². The Hall–Kier alpha value is -2.05. The smallest absolute Gasteiger partial charge is 0.142 e. The van der Waals surface area contributed by atoms with Crippen LogP contribution in [0.5, 0.6) is 0 Å². The van der Waals surface area contributed by atoms with Crippen molar-refractivity contribution in [3.63, 3.8) is 0 Å². The van der Waals surface area contributed by atoms with E-state index in [2.05, 4.69) is 37.7 Å². The first-order valence-corrected chi connectivity index (χ1v) is 9.14. The third kappa shape index (κ3) is 3.39. The van der Waals surface area contributed by atoms with Gasteiger partial charge in [-0.2, -0.15) is 0 Å². The summed E-state index contributed by atoms with van der Waals surface area (Å²) in [5, 5.41) is 1.000. The monoisotopic (exact) mass is 339 g/mol. The van der Waals surface area contributed by atoms with Crippen LogP contribution in [0.2, 0.25) is 0 Å². The molecule has 0 N–H and O–H groups in total. The molecule has 3 aromatic heterocycles. The molecule has 6 heteroatoms. The van der Waals surface area contributed by atoms with Crippen molar-refractivity contribution in [1.82, 2.24) is 24.4 Å². The second kappa shape index (κ2) is 6.83. The van der Waals surface area contributed by atoms with E-state index in [0.29, 0.717) is 5.92 Å². The van der Waals surface area contributed by atoms with Gasteiger partial charge in [-0.15, -0.1) is 11.3 Å². The average Bonchev–Trinajstić information content (AvgIpc) is 3.24. The zero-order chi connectivity index (χ0) is 16.4.